The van der Waals surface area contributed by atoms with Gasteiger partial charge in [0.05, 0.1) is 12.1 Å². The molecule has 0 aliphatic carbocycles. The highest BCUT2D eigenvalue weighted by Gasteiger charge is 2.15. The number of nitrogens with one attached hydrogen (secondary N) is 2. The number of fused-ring (bicyclic) bond motifs is 1. The second kappa shape index (κ2) is 10.3. The van der Waals surface area contributed by atoms with Crippen molar-refractivity contribution in [2.24, 2.45) is 0 Å². The van der Waals surface area contributed by atoms with Crippen molar-refractivity contribution in [3.8, 4) is 0 Å². The van der Waals surface area contributed by atoms with E-state index in [4.69, 9.17) is 17.0 Å². The minimum atomic E-state index is -0.0884. The molecule has 0 atom stereocenters. The number of aromatic amines is 1. The number of H-pyrrole nitrogens is 1. The lowest BCUT2D eigenvalue weighted by molar-refractivity contribution is 0.195. The average Bonchev–Trinajstić information content (AvgIpc) is 2.75. The van der Waals surface area contributed by atoms with Crippen LogP contribution in [-0.2, 0) is 17.8 Å². The van der Waals surface area contributed by atoms with E-state index in [1.165, 1.54) is 0 Å². The zero-order valence-electron chi connectivity index (χ0n) is 17.7. The van der Waals surface area contributed by atoms with Crippen molar-refractivity contribution >= 4 is 28.2 Å². The van der Waals surface area contributed by atoms with Gasteiger partial charge in [-0.05, 0) is 66.7 Å². The number of rotatable bonds is 8. The average molecular weight is 425 g/mol. The molecule has 0 saturated heterocycles. The van der Waals surface area contributed by atoms with Crippen molar-refractivity contribution in [2.75, 3.05) is 20.3 Å². The number of hydrogen-bond acceptors (Lipinski definition) is 4. The van der Waals surface area contributed by atoms with Crippen molar-refractivity contribution in [2.45, 2.75) is 33.4 Å². The minimum Gasteiger partial charge on any atom is -0.385 e. The molecule has 2 aromatic heterocycles. The van der Waals surface area contributed by atoms with Crippen molar-refractivity contribution < 1.29 is 4.74 Å². The molecule has 2 N–H and O–H groups in total. The Hall–Kier alpha value is -2.77. The van der Waals surface area contributed by atoms with E-state index in [1.807, 2.05) is 49.2 Å². The molecular formula is C23H28N4O2S. The maximum Gasteiger partial charge on any atom is 0.253 e. The molecule has 0 bridgehead atoms. The molecule has 7 heteroatoms. The SMILES string of the molecule is COCCCNC(=S)N(Cc1cccnc1)Cc1cc2ccc(C)c(C)c2[nH]c1=O. The van der Waals surface area contributed by atoms with Crippen molar-refractivity contribution in [1.82, 2.24) is 20.2 Å². The van der Waals surface area contributed by atoms with E-state index in [2.05, 4.69) is 21.4 Å². The summed E-state index contributed by atoms with van der Waals surface area (Å²) in [5, 5.41) is 4.90. The maximum absolute atomic E-state index is 12.8. The summed E-state index contributed by atoms with van der Waals surface area (Å²) in [5.41, 5.74) is 4.76. The van der Waals surface area contributed by atoms with E-state index in [0.717, 1.165) is 34.0 Å². The molecule has 0 aliphatic rings. The molecule has 1 aromatic carbocycles. The fourth-order valence-electron chi connectivity index (χ4n) is 3.33. The van der Waals surface area contributed by atoms with Crippen molar-refractivity contribution in [3.63, 3.8) is 0 Å². The molecule has 0 saturated carbocycles. The number of ether oxygens (including phenoxy) is 1. The van der Waals surface area contributed by atoms with Gasteiger partial charge in [0.2, 0.25) is 0 Å². The van der Waals surface area contributed by atoms with E-state index < -0.39 is 0 Å². The highest BCUT2D eigenvalue weighted by Crippen LogP contribution is 2.19. The van der Waals surface area contributed by atoms with Crippen LogP contribution in [0.15, 0.2) is 47.5 Å². The first-order valence-corrected chi connectivity index (χ1v) is 10.4. The van der Waals surface area contributed by atoms with Crippen LogP contribution in [0.3, 0.4) is 0 Å². The Morgan fingerprint density at radius 3 is 2.83 bits per heavy atom. The van der Waals surface area contributed by atoms with E-state index in [1.54, 1.807) is 13.3 Å². The second-order valence-electron chi connectivity index (χ2n) is 7.39. The maximum atomic E-state index is 12.8. The quantitative estimate of drug-likeness (QED) is 0.426. The number of thiocarbonyl (C=S) groups is 1. The molecule has 158 valence electrons. The predicted octanol–water partition coefficient (Wildman–Crippen LogP) is 3.45. The fraction of sp³-hybridized carbons (Fsp3) is 0.348. The highest BCUT2D eigenvalue weighted by atomic mass is 32.1. The molecule has 3 aromatic rings. The molecule has 3 rings (SSSR count). The van der Waals surface area contributed by atoms with Crippen LogP contribution in [0.1, 0.15) is 28.7 Å². The monoisotopic (exact) mass is 424 g/mol. The number of methoxy groups -OCH3 is 1. The normalized spacial score (nSPS) is 10.9. The molecule has 0 radical (unpaired) electrons. The van der Waals surface area contributed by atoms with Gasteiger partial charge in [-0.3, -0.25) is 9.78 Å². The van der Waals surface area contributed by atoms with Crippen LogP contribution >= 0.6 is 12.2 Å². The summed E-state index contributed by atoms with van der Waals surface area (Å²) in [5.74, 6) is 0. The lowest BCUT2D eigenvalue weighted by Crippen LogP contribution is -2.40. The molecule has 0 unspecified atom stereocenters. The number of benzene rings is 1. The number of aryl methyl sites for hydroxylation is 2. The molecule has 0 aliphatic heterocycles. The van der Waals surface area contributed by atoms with Gasteiger partial charge < -0.3 is 19.9 Å². The third-order valence-electron chi connectivity index (χ3n) is 5.17. The van der Waals surface area contributed by atoms with Crippen LogP contribution in [0.5, 0.6) is 0 Å². The van der Waals surface area contributed by atoms with Gasteiger partial charge in [-0.1, -0.05) is 18.2 Å². The molecule has 6 nitrogen and oxygen atoms in total. The predicted molar refractivity (Wildman–Crippen MR) is 125 cm³/mol. The van der Waals surface area contributed by atoms with E-state index in [9.17, 15) is 4.79 Å². The van der Waals surface area contributed by atoms with Crippen LogP contribution < -0.4 is 10.9 Å². The second-order valence-corrected chi connectivity index (χ2v) is 7.78. The van der Waals surface area contributed by atoms with Crippen LogP contribution in [0.25, 0.3) is 10.9 Å². The van der Waals surface area contributed by atoms with Gasteiger partial charge in [0.15, 0.2) is 5.11 Å². The summed E-state index contributed by atoms with van der Waals surface area (Å²) >= 11 is 5.64. The number of pyridine rings is 2. The summed E-state index contributed by atoms with van der Waals surface area (Å²) in [6.45, 7) is 6.42. The van der Waals surface area contributed by atoms with E-state index in [0.29, 0.717) is 36.9 Å². The topological polar surface area (TPSA) is 70.2 Å². The molecule has 30 heavy (non-hydrogen) atoms. The van der Waals surface area contributed by atoms with E-state index in [-0.39, 0.29) is 5.56 Å². The standard InChI is InChI=1S/C23H28N4O2S/c1-16-7-8-19-12-20(22(28)26-21(19)17(16)2)15-27(14-18-6-4-9-24-13-18)23(30)25-10-5-11-29-3/h4,6-9,12-13H,5,10-11,14-15H2,1-3H3,(H,25,30)(H,26,28). The summed E-state index contributed by atoms with van der Waals surface area (Å²) < 4.78 is 5.10. The lowest BCUT2D eigenvalue weighted by atomic mass is 10.0. The molecule has 0 amide bonds. The van der Waals surface area contributed by atoms with Crippen molar-refractivity contribution in [1.29, 1.82) is 0 Å². The zero-order chi connectivity index (χ0) is 21.5. The highest BCUT2D eigenvalue weighted by molar-refractivity contribution is 7.80. The number of aromatic nitrogens is 2. The molecule has 0 spiro atoms. The summed E-state index contributed by atoms with van der Waals surface area (Å²) in [7, 11) is 1.68. The van der Waals surface area contributed by atoms with Gasteiger partial charge in [0.25, 0.3) is 5.56 Å². The van der Waals surface area contributed by atoms with Crippen molar-refractivity contribution in [3.05, 3.63) is 75.3 Å². The molecule has 0 fully saturated rings. The fourth-order valence-corrected chi connectivity index (χ4v) is 3.56. The first-order chi connectivity index (χ1) is 14.5. The summed E-state index contributed by atoms with van der Waals surface area (Å²) in [6.07, 6.45) is 4.41. The molecule has 2 heterocycles. The minimum absolute atomic E-state index is 0.0884. The Morgan fingerprint density at radius 1 is 1.27 bits per heavy atom. The van der Waals surface area contributed by atoms with Crippen LogP contribution in [0.4, 0.5) is 0 Å². The third kappa shape index (κ3) is 5.43. The van der Waals surface area contributed by atoms with Gasteiger partial charge in [-0.25, -0.2) is 0 Å². The van der Waals surface area contributed by atoms with Gasteiger partial charge in [0.1, 0.15) is 0 Å². The number of hydrogen-bond donors (Lipinski definition) is 2. The van der Waals surface area contributed by atoms with Gasteiger partial charge in [-0.15, -0.1) is 0 Å². The Labute approximate surface area is 182 Å². The Morgan fingerprint density at radius 2 is 2.10 bits per heavy atom. The molecular weight excluding hydrogens is 396 g/mol. The largest absolute Gasteiger partial charge is 0.385 e. The third-order valence-corrected chi connectivity index (χ3v) is 5.58. The summed E-state index contributed by atoms with van der Waals surface area (Å²) in [4.78, 5) is 22.1. The first-order valence-electron chi connectivity index (χ1n) is 10.0. The Balaban J connectivity index is 1.86. The van der Waals surface area contributed by atoms with Gasteiger partial charge >= 0.3 is 0 Å². The smallest absolute Gasteiger partial charge is 0.253 e. The summed E-state index contributed by atoms with van der Waals surface area (Å²) in [6, 6.07) is 9.99. The number of nitrogens with zero attached hydrogens (tertiary/aromatic N) is 2. The zero-order valence-corrected chi connectivity index (χ0v) is 18.5. The van der Waals surface area contributed by atoms with Gasteiger partial charge in [-0.2, -0.15) is 0 Å². The Kier molecular flexibility index (Phi) is 7.54. The van der Waals surface area contributed by atoms with Crippen LogP contribution in [-0.4, -0.2) is 40.2 Å². The first kappa shape index (κ1) is 21.9. The Bertz CT molecular complexity index is 1070. The van der Waals surface area contributed by atoms with Crippen LogP contribution in [0, 0.1) is 13.8 Å². The van der Waals surface area contributed by atoms with Gasteiger partial charge in [0, 0.05) is 44.8 Å². The van der Waals surface area contributed by atoms with E-state index >= 15 is 0 Å². The van der Waals surface area contributed by atoms with Crippen LogP contribution in [0.2, 0.25) is 0 Å². The lowest BCUT2D eigenvalue weighted by Gasteiger charge is -2.26.